The molecule has 4 aromatic rings. The average molecular weight is 440 g/mol. The van der Waals surface area contributed by atoms with E-state index in [0.29, 0.717) is 21.7 Å². The van der Waals surface area contributed by atoms with Crippen molar-refractivity contribution in [2.75, 3.05) is 0 Å². The molecule has 0 bridgehead atoms. The molecular weight excluding hydrogens is 422 g/mol. The highest BCUT2D eigenvalue weighted by molar-refractivity contribution is 7.91. The zero-order valence-corrected chi connectivity index (χ0v) is 17.2. The normalized spacial score (nSPS) is 11.4. The molecule has 8 nitrogen and oxygen atoms in total. The molecule has 0 spiro atoms. The van der Waals surface area contributed by atoms with Gasteiger partial charge in [-0.25, -0.2) is 18.2 Å². The summed E-state index contributed by atoms with van der Waals surface area (Å²) in [5.74, 6) is -0.332. The van der Waals surface area contributed by atoms with E-state index in [9.17, 15) is 13.2 Å². The average Bonchev–Trinajstić information content (AvgIpc) is 3.41. The SMILES string of the molecule is NS(=O)(=O)c1ccc(CNC(=O)c2cn(-c3ccccc3)nc2-c2cccnc2)s1. The first kappa shape index (κ1) is 20.0. The molecule has 1 amide bonds. The zero-order chi connectivity index (χ0) is 21.1. The first-order chi connectivity index (χ1) is 14.4. The Morgan fingerprint density at radius 3 is 2.57 bits per heavy atom. The van der Waals surface area contributed by atoms with E-state index < -0.39 is 10.0 Å². The molecular formula is C20H17N5O3S2. The van der Waals surface area contributed by atoms with E-state index in [-0.39, 0.29) is 16.7 Å². The van der Waals surface area contributed by atoms with E-state index in [4.69, 9.17) is 5.14 Å². The summed E-state index contributed by atoms with van der Waals surface area (Å²) in [4.78, 5) is 17.7. The fourth-order valence-electron chi connectivity index (χ4n) is 2.84. The van der Waals surface area contributed by atoms with E-state index in [1.165, 1.54) is 6.07 Å². The molecule has 3 N–H and O–H groups in total. The third-order valence-electron chi connectivity index (χ3n) is 4.26. The minimum Gasteiger partial charge on any atom is -0.347 e. The van der Waals surface area contributed by atoms with E-state index in [1.807, 2.05) is 36.4 Å². The number of carbonyl (C=O) groups excluding carboxylic acids is 1. The predicted molar refractivity (Wildman–Crippen MR) is 114 cm³/mol. The number of amides is 1. The van der Waals surface area contributed by atoms with Gasteiger partial charge in [-0.15, -0.1) is 11.3 Å². The van der Waals surface area contributed by atoms with Gasteiger partial charge in [-0.3, -0.25) is 9.78 Å². The summed E-state index contributed by atoms with van der Waals surface area (Å²) >= 11 is 1.02. The van der Waals surface area contributed by atoms with Crippen LogP contribution in [0.25, 0.3) is 16.9 Å². The number of nitrogens with one attached hydrogen (secondary N) is 1. The van der Waals surface area contributed by atoms with Gasteiger partial charge in [0.2, 0.25) is 10.0 Å². The van der Waals surface area contributed by atoms with Gasteiger partial charge in [0.15, 0.2) is 0 Å². The van der Waals surface area contributed by atoms with E-state index >= 15 is 0 Å². The Kier molecular flexibility index (Phi) is 5.44. The second kappa shape index (κ2) is 8.19. The molecule has 10 heteroatoms. The van der Waals surface area contributed by atoms with Gasteiger partial charge in [-0.2, -0.15) is 5.10 Å². The minimum absolute atomic E-state index is 0.0553. The van der Waals surface area contributed by atoms with Crippen molar-refractivity contribution in [2.45, 2.75) is 10.8 Å². The fraction of sp³-hybridized carbons (Fsp3) is 0.0500. The van der Waals surface area contributed by atoms with Gasteiger partial charge in [0.05, 0.1) is 17.8 Å². The Morgan fingerprint density at radius 2 is 1.90 bits per heavy atom. The number of hydrogen-bond acceptors (Lipinski definition) is 6. The van der Waals surface area contributed by atoms with E-state index in [1.54, 1.807) is 35.4 Å². The largest absolute Gasteiger partial charge is 0.347 e. The number of hydrogen-bond donors (Lipinski definition) is 2. The zero-order valence-electron chi connectivity index (χ0n) is 15.6. The molecule has 3 heterocycles. The number of nitrogens with zero attached hydrogens (tertiary/aromatic N) is 3. The number of para-hydroxylation sites is 1. The van der Waals surface area contributed by atoms with Gasteiger partial charge in [-0.05, 0) is 36.4 Å². The van der Waals surface area contributed by atoms with Crippen LogP contribution < -0.4 is 10.5 Å². The Bertz CT molecular complexity index is 1280. The van der Waals surface area contributed by atoms with Crippen molar-refractivity contribution >= 4 is 27.3 Å². The lowest BCUT2D eigenvalue weighted by molar-refractivity contribution is 0.0952. The third-order valence-corrected chi connectivity index (χ3v) is 6.78. The summed E-state index contributed by atoms with van der Waals surface area (Å²) < 4.78 is 24.6. The first-order valence-corrected chi connectivity index (χ1v) is 11.2. The molecule has 0 fully saturated rings. The lowest BCUT2D eigenvalue weighted by Gasteiger charge is -2.04. The number of rotatable bonds is 6. The maximum atomic E-state index is 12.9. The van der Waals surface area contributed by atoms with Crippen molar-refractivity contribution in [3.63, 3.8) is 0 Å². The number of pyridine rings is 1. The molecule has 0 aliphatic carbocycles. The van der Waals surface area contributed by atoms with Gasteiger partial charge in [0.1, 0.15) is 9.90 Å². The molecule has 4 rings (SSSR count). The molecule has 0 saturated carbocycles. The van der Waals surface area contributed by atoms with Crippen LogP contribution in [0.1, 0.15) is 15.2 Å². The van der Waals surface area contributed by atoms with Gasteiger partial charge >= 0.3 is 0 Å². The summed E-state index contributed by atoms with van der Waals surface area (Å²) in [5.41, 5.74) is 2.42. The molecule has 0 aliphatic rings. The molecule has 0 radical (unpaired) electrons. The molecule has 0 saturated heterocycles. The molecule has 0 unspecified atom stereocenters. The third kappa shape index (κ3) is 4.30. The molecule has 3 aromatic heterocycles. The van der Waals surface area contributed by atoms with Crippen LogP contribution in [0, 0.1) is 0 Å². The molecule has 0 atom stereocenters. The lowest BCUT2D eigenvalue weighted by Crippen LogP contribution is -2.22. The van der Waals surface area contributed by atoms with Crippen molar-refractivity contribution in [3.05, 3.63) is 83.6 Å². The van der Waals surface area contributed by atoms with Crippen LogP contribution >= 0.6 is 11.3 Å². The summed E-state index contributed by atoms with van der Waals surface area (Å²) in [7, 11) is -3.76. The van der Waals surface area contributed by atoms with Gasteiger partial charge < -0.3 is 5.32 Å². The number of primary sulfonamides is 1. The summed E-state index contributed by atoms with van der Waals surface area (Å²) in [6, 6.07) is 16.1. The number of carbonyl (C=O) groups is 1. The standard InChI is InChI=1S/C20H17N5O3S2/c21-30(27,28)18-9-8-16(29-18)12-23-20(26)17-13-25(15-6-2-1-3-7-15)24-19(17)14-5-4-10-22-11-14/h1-11,13H,12H2,(H,23,26)(H2,21,27,28). The van der Waals surface area contributed by atoms with Gasteiger partial charge in [0.25, 0.3) is 5.91 Å². The fourth-order valence-corrected chi connectivity index (χ4v) is 4.56. The smallest absolute Gasteiger partial charge is 0.255 e. The minimum atomic E-state index is -3.76. The summed E-state index contributed by atoms with van der Waals surface area (Å²) in [6.07, 6.45) is 4.96. The Morgan fingerprint density at radius 1 is 1.10 bits per heavy atom. The maximum Gasteiger partial charge on any atom is 0.255 e. The predicted octanol–water partition coefficient (Wildman–Crippen LogP) is 2.57. The van der Waals surface area contributed by atoms with Crippen molar-refractivity contribution in [1.29, 1.82) is 0 Å². The topological polar surface area (TPSA) is 120 Å². The highest BCUT2D eigenvalue weighted by Gasteiger charge is 2.19. The lowest BCUT2D eigenvalue weighted by atomic mass is 10.1. The van der Waals surface area contributed by atoms with Gasteiger partial charge in [-0.1, -0.05) is 18.2 Å². The molecule has 30 heavy (non-hydrogen) atoms. The highest BCUT2D eigenvalue weighted by atomic mass is 32.2. The van der Waals surface area contributed by atoms with Crippen LogP contribution in [0.3, 0.4) is 0 Å². The van der Waals surface area contributed by atoms with Crippen molar-refractivity contribution in [2.24, 2.45) is 5.14 Å². The molecule has 0 aliphatic heterocycles. The summed E-state index contributed by atoms with van der Waals surface area (Å²) in [5, 5.41) is 12.5. The second-order valence-electron chi connectivity index (χ2n) is 6.36. The van der Waals surface area contributed by atoms with Crippen LogP contribution in [0.15, 0.2) is 77.4 Å². The number of benzene rings is 1. The highest BCUT2D eigenvalue weighted by Crippen LogP contribution is 2.24. The monoisotopic (exact) mass is 439 g/mol. The molecule has 152 valence electrons. The quantitative estimate of drug-likeness (QED) is 0.478. The Labute approximate surface area is 177 Å². The Hall–Kier alpha value is -3.34. The van der Waals surface area contributed by atoms with Crippen LogP contribution in [0.5, 0.6) is 0 Å². The Balaban J connectivity index is 1.62. The second-order valence-corrected chi connectivity index (χ2v) is 9.32. The molecule has 1 aromatic carbocycles. The number of nitrogens with two attached hydrogens (primary N) is 1. The van der Waals surface area contributed by atoms with Crippen LogP contribution in [-0.4, -0.2) is 29.1 Å². The van der Waals surface area contributed by atoms with Crippen LogP contribution in [-0.2, 0) is 16.6 Å². The number of thiophene rings is 1. The van der Waals surface area contributed by atoms with Crippen molar-refractivity contribution < 1.29 is 13.2 Å². The number of sulfonamides is 1. The van der Waals surface area contributed by atoms with Crippen molar-refractivity contribution in [3.8, 4) is 16.9 Å². The maximum absolute atomic E-state index is 12.9. The van der Waals surface area contributed by atoms with E-state index in [0.717, 1.165) is 17.0 Å². The van der Waals surface area contributed by atoms with Crippen LogP contribution in [0.2, 0.25) is 0 Å². The first-order valence-electron chi connectivity index (χ1n) is 8.87. The summed E-state index contributed by atoms with van der Waals surface area (Å²) in [6.45, 7) is 0.169. The van der Waals surface area contributed by atoms with Crippen LogP contribution in [0.4, 0.5) is 0 Å². The number of aromatic nitrogens is 3. The van der Waals surface area contributed by atoms with E-state index in [2.05, 4.69) is 15.4 Å². The van der Waals surface area contributed by atoms with Crippen molar-refractivity contribution in [1.82, 2.24) is 20.1 Å². The van der Waals surface area contributed by atoms with Gasteiger partial charge in [0, 0.05) is 29.0 Å².